The van der Waals surface area contributed by atoms with Gasteiger partial charge in [-0.3, -0.25) is 9.59 Å². The molecule has 3 rings (SSSR count). The molecule has 0 aromatic heterocycles. The lowest BCUT2D eigenvalue weighted by Gasteiger charge is -2.36. The van der Waals surface area contributed by atoms with Crippen molar-refractivity contribution < 1.29 is 19.1 Å². The van der Waals surface area contributed by atoms with Crippen LogP contribution in [-0.4, -0.2) is 60.5 Å². The third-order valence-corrected chi connectivity index (χ3v) is 5.52. The predicted octanol–water partition coefficient (Wildman–Crippen LogP) is 3.64. The van der Waals surface area contributed by atoms with Crippen LogP contribution >= 0.6 is 0 Å². The molecule has 0 N–H and O–H groups in total. The summed E-state index contributed by atoms with van der Waals surface area (Å²) in [4.78, 5) is 28.9. The monoisotopic (exact) mass is 424 g/mol. The number of carbonyl (C=O) groups excluding carboxylic acids is 2. The van der Waals surface area contributed by atoms with Crippen LogP contribution in [0.15, 0.2) is 48.5 Å². The van der Waals surface area contributed by atoms with Gasteiger partial charge in [-0.2, -0.15) is 0 Å². The molecule has 0 radical (unpaired) electrons. The highest BCUT2D eigenvalue weighted by atomic mass is 16.5. The number of aryl methyl sites for hydroxylation is 1. The second-order valence-electron chi connectivity index (χ2n) is 8.26. The zero-order valence-electron chi connectivity index (χ0n) is 18.8. The maximum atomic E-state index is 12.9. The standard InChI is InChI=1S/C25H32N2O4/c1-18(2)22-7-5-6-8-23(22)31-20(4)25(29)27-15-13-26(14-16-27)24(28)17-30-21-11-9-19(3)10-12-21/h5-12,18,20H,13-17H2,1-4H3. The molecular formula is C25H32N2O4. The van der Waals surface area contributed by atoms with Crippen molar-refractivity contribution in [3.05, 3.63) is 59.7 Å². The van der Waals surface area contributed by atoms with E-state index in [0.717, 1.165) is 16.9 Å². The maximum absolute atomic E-state index is 12.9. The summed E-state index contributed by atoms with van der Waals surface area (Å²) in [6.45, 7) is 9.98. The van der Waals surface area contributed by atoms with E-state index in [1.807, 2.05) is 55.5 Å². The average Bonchev–Trinajstić information content (AvgIpc) is 2.78. The van der Waals surface area contributed by atoms with Gasteiger partial charge in [0.25, 0.3) is 11.8 Å². The summed E-state index contributed by atoms with van der Waals surface area (Å²) in [5.74, 6) is 1.63. The number of benzene rings is 2. The van der Waals surface area contributed by atoms with E-state index in [9.17, 15) is 9.59 Å². The number of piperazine rings is 1. The number of carbonyl (C=O) groups is 2. The highest BCUT2D eigenvalue weighted by Gasteiger charge is 2.28. The van der Waals surface area contributed by atoms with Crippen molar-refractivity contribution in [2.24, 2.45) is 0 Å². The molecule has 1 heterocycles. The molecule has 1 aliphatic rings. The van der Waals surface area contributed by atoms with Gasteiger partial charge >= 0.3 is 0 Å². The predicted molar refractivity (Wildman–Crippen MR) is 120 cm³/mol. The lowest BCUT2D eigenvalue weighted by atomic mass is 10.0. The first-order valence-electron chi connectivity index (χ1n) is 10.9. The second-order valence-corrected chi connectivity index (χ2v) is 8.26. The lowest BCUT2D eigenvalue weighted by Crippen LogP contribution is -2.54. The van der Waals surface area contributed by atoms with Gasteiger partial charge in [0.1, 0.15) is 11.5 Å². The Hall–Kier alpha value is -3.02. The molecule has 6 nitrogen and oxygen atoms in total. The second kappa shape index (κ2) is 10.3. The van der Waals surface area contributed by atoms with Crippen LogP contribution in [-0.2, 0) is 9.59 Å². The van der Waals surface area contributed by atoms with Crippen LogP contribution in [0.3, 0.4) is 0 Å². The van der Waals surface area contributed by atoms with Crippen molar-refractivity contribution in [3.8, 4) is 11.5 Å². The summed E-state index contributed by atoms with van der Waals surface area (Å²) in [7, 11) is 0. The summed E-state index contributed by atoms with van der Waals surface area (Å²) in [5, 5.41) is 0. The van der Waals surface area contributed by atoms with Gasteiger partial charge in [0.15, 0.2) is 12.7 Å². The Morgan fingerprint density at radius 1 is 0.903 bits per heavy atom. The van der Waals surface area contributed by atoms with Crippen LogP contribution in [0.1, 0.15) is 37.8 Å². The number of amides is 2. The van der Waals surface area contributed by atoms with E-state index in [4.69, 9.17) is 9.47 Å². The van der Waals surface area contributed by atoms with Gasteiger partial charge in [0.05, 0.1) is 0 Å². The zero-order chi connectivity index (χ0) is 22.4. The quantitative estimate of drug-likeness (QED) is 0.681. The van der Waals surface area contributed by atoms with Crippen molar-refractivity contribution in [1.29, 1.82) is 0 Å². The Morgan fingerprint density at radius 3 is 2.16 bits per heavy atom. The molecule has 2 aromatic carbocycles. The van der Waals surface area contributed by atoms with Crippen molar-refractivity contribution in [3.63, 3.8) is 0 Å². The molecule has 0 aliphatic carbocycles. The molecule has 31 heavy (non-hydrogen) atoms. The van der Waals surface area contributed by atoms with Crippen LogP contribution in [0.25, 0.3) is 0 Å². The fourth-order valence-electron chi connectivity index (χ4n) is 3.61. The van der Waals surface area contributed by atoms with Crippen LogP contribution in [0.5, 0.6) is 11.5 Å². The number of para-hydroxylation sites is 1. The Balaban J connectivity index is 1.47. The number of hydrogen-bond acceptors (Lipinski definition) is 4. The van der Waals surface area contributed by atoms with E-state index in [0.29, 0.717) is 37.8 Å². The first kappa shape index (κ1) is 22.7. The lowest BCUT2D eigenvalue weighted by molar-refractivity contribution is -0.144. The Morgan fingerprint density at radius 2 is 1.52 bits per heavy atom. The van der Waals surface area contributed by atoms with Crippen LogP contribution in [0.2, 0.25) is 0 Å². The molecule has 6 heteroatoms. The Kier molecular flexibility index (Phi) is 7.55. The summed E-state index contributed by atoms with van der Waals surface area (Å²) < 4.78 is 11.6. The third kappa shape index (κ3) is 6.00. The van der Waals surface area contributed by atoms with Gasteiger partial charge in [-0.15, -0.1) is 0 Å². The molecule has 0 bridgehead atoms. The minimum absolute atomic E-state index is 0.00249. The molecule has 2 aromatic rings. The van der Waals surface area contributed by atoms with E-state index < -0.39 is 6.10 Å². The van der Waals surface area contributed by atoms with Crippen molar-refractivity contribution in [1.82, 2.24) is 9.80 Å². The smallest absolute Gasteiger partial charge is 0.263 e. The van der Waals surface area contributed by atoms with E-state index in [1.165, 1.54) is 0 Å². The first-order chi connectivity index (χ1) is 14.8. The van der Waals surface area contributed by atoms with Crippen LogP contribution in [0.4, 0.5) is 0 Å². The highest BCUT2D eigenvalue weighted by molar-refractivity contribution is 5.82. The van der Waals surface area contributed by atoms with Gasteiger partial charge in [0, 0.05) is 26.2 Å². The summed E-state index contributed by atoms with van der Waals surface area (Å²) in [5.41, 5.74) is 2.23. The molecule has 1 fully saturated rings. The third-order valence-electron chi connectivity index (χ3n) is 5.52. The van der Waals surface area contributed by atoms with E-state index in [2.05, 4.69) is 13.8 Å². The van der Waals surface area contributed by atoms with Gasteiger partial charge in [0.2, 0.25) is 0 Å². The summed E-state index contributed by atoms with van der Waals surface area (Å²) in [6.07, 6.45) is -0.577. The van der Waals surface area contributed by atoms with Crippen LogP contribution in [0, 0.1) is 6.92 Å². The minimum atomic E-state index is -0.577. The minimum Gasteiger partial charge on any atom is -0.484 e. The fraction of sp³-hybridized carbons (Fsp3) is 0.440. The van der Waals surface area contributed by atoms with Crippen molar-refractivity contribution in [2.45, 2.75) is 39.7 Å². The molecule has 0 saturated carbocycles. The molecule has 166 valence electrons. The van der Waals surface area contributed by atoms with Crippen LogP contribution < -0.4 is 9.47 Å². The van der Waals surface area contributed by atoms with Crippen molar-refractivity contribution in [2.75, 3.05) is 32.8 Å². The van der Waals surface area contributed by atoms with Gasteiger partial charge in [-0.25, -0.2) is 0 Å². The summed E-state index contributed by atoms with van der Waals surface area (Å²) >= 11 is 0. The molecule has 1 atom stereocenters. The topological polar surface area (TPSA) is 59.1 Å². The van der Waals surface area contributed by atoms with Gasteiger partial charge in [-0.05, 0) is 43.5 Å². The Bertz CT molecular complexity index is 887. The maximum Gasteiger partial charge on any atom is 0.263 e. The number of ether oxygens (including phenoxy) is 2. The molecular weight excluding hydrogens is 392 g/mol. The molecule has 2 amide bonds. The fourth-order valence-corrected chi connectivity index (χ4v) is 3.61. The van der Waals surface area contributed by atoms with E-state index >= 15 is 0 Å². The Labute approximate surface area is 184 Å². The molecule has 1 unspecified atom stereocenters. The normalized spacial score (nSPS) is 15.0. The SMILES string of the molecule is Cc1ccc(OCC(=O)N2CCN(C(=O)C(C)Oc3ccccc3C(C)C)CC2)cc1. The van der Waals surface area contributed by atoms with Gasteiger partial charge in [-0.1, -0.05) is 49.7 Å². The first-order valence-corrected chi connectivity index (χ1v) is 10.9. The average molecular weight is 425 g/mol. The zero-order valence-corrected chi connectivity index (χ0v) is 18.8. The van der Waals surface area contributed by atoms with Gasteiger partial charge < -0.3 is 19.3 Å². The van der Waals surface area contributed by atoms with E-state index in [1.54, 1.807) is 16.7 Å². The van der Waals surface area contributed by atoms with Crippen molar-refractivity contribution >= 4 is 11.8 Å². The molecule has 0 spiro atoms. The molecule has 1 aliphatic heterocycles. The number of rotatable bonds is 7. The number of hydrogen-bond donors (Lipinski definition) is 0. The van der Waals surface area contributed by atoms with E-state index in [-0.39, 0.29) is 18.4 Å². The highest BCUT2D eigenvalue weighted by Crippen LogP contribution is 2.27. The summed E-state index contributed by atoms with van der Waals surface area (Å²) in [6, 6.07) is 15.5. The molecule has 1 saturated heterocycles. The number of nitrogens with zero attached hydrogens (tertiary/aromatic N) is 2. The largest absolute Gasteiger partial charge is 0.484 e.